The Balaban J connectivity index is 1.51. The lowest BCUT2D eigenvalue weighted by molar-refractivity contribution is 0.177. The van der Waals surface area contributed by atoms with E-state index in [1.807, 2.05) is 36.4 Å². The standard InChI is InChI=1S/C21H20N2O3S/c24-27(25,23-19-7-3-5-14-4-1-2-6-16(14)19)15-8-9-20-18(12-15)17-10-11-22-13-21(17)26-20/h1-9,12,17,21-23H,10-11,13H2. The van der Waals surface area contributed by atoms with E-state index >= 15 is 0 Å². The van der Waals surface area contributed by atoms with Crippen LogP contribution in [0.25, 0.3) is 10.8 Å². The highest BCUT2D eigenvalue weighted by molar-refractivity contribution is 7.92. The minimum Gasteiger partial charge on any atom is -0.488 e. The first-order valence-corrected chi connectivity index (χ1v) is 10.6. The second kappa shape index (κ2) is 6.25. The molecule has 3 aromatic carbocycles. The van der Waals surface area contributed by atoms with Crippen molar-refractivity contribution < 1.29 is 13.2 Å². The number of benzene rings is 3. The van der Waals surface area contributed by atoms with Crippen LogP contribution in [-0.2, 0) is 10.0 Å². The van der Waals surface area contributed by atoms with E-state index in [9.17, 15) is 8.42 Å². The molecule has 1 fully saturated rings. The molecule has 1 saturated heterocycles. The molecule has 0 spiro atoms. The largest absolute Gasteiger partial charge is 0.488 e. The number of piperidine rings is 1. The molecule has 138 valence electrons. The second-order valence-corrected chi connectivity index (χ2v) is 8.77. The smallest absolute Gasteiger partial charge is 0.261 e. The fourth-order valence-electron chi connectivity index (χ4n) is 4.08. The fourth-order valence-corrected chi connectivity index (χ4v) is 5.20. The van der Waals surface area contributed by atoms with Gasteiger partial charge in [-0.2, -0.15) is 0 Å². The van der Waals surface area contributed by atoms with E-state index in [1.54, 1.807) is 24.3 Å². The van der Waals surface area contributed by atoms with Crippen LogP contribution in [0, 0.1) is 0 Å². The molecule has 2 atom stereocenters. The van der Waals surface area contributed by atoms with E-state index in [-0.39, 0.29) is 16.9 Å². The third-order valence-corrected chi connectivity index (χ3v) is 6.79. The Bertz CT molecular complexity index is 1120. The Kier molecular flexibility index (Phi) is 3.84. The summed E-state index contributed by atoms with van der Waals surface area (Å²) in [5.74, 6) is 1.06. The first-order valence-electron chi connectivity index (χ1n) is 9.14. The highest BCUT2D eigenvalue weighted by Crippen LogP contribution is 2.42. The number of hydrogen-bond donors (Lipinski definition) is 2. The van der Waals surface area contributed by atoms with Crippen LogP contribution in [0.5, 0.6) is 5.75 Å². The highest BCUT2D eigenvalue weighted by Gasteiger charge is 2.36. The maximum Gasteiger partial charge on any atom is 0.261 e. The number of anilines is 1. The van der Waals surface area contributed by atoms with Gasteiger partial charge < -0.3 is 10.1 Å². The van der Waals surface area contributed by atoms with Crippen molar-refractivity contribution in [2.75, 3.05) is 17.8 Å². The molecule has 2 unspecified atom stereocenters. The summed E-state index contributed by atoms with van der Waals surface area (Å²) in [4.78, 5) is 0.275. The molecule has 0 saturated carbocycles. The molecule has 2 N–H and O–H groups in total. The molecule has 0 aromatic heterocycles. The van der Waals surface area contributed by atoms with Crippen LogP contribution < -0.4 is 14.8 Å². The predicted octanol–water partition coefficient (Wildman–Crippen LogP) is 3.48. The molecule has 3 aromatic rings. The van der Waals surface area contributed by atoms with Gasteiger partial charge in [-0.15, -0.1) is 0 Å². The molecule has 5 nitrogen and oxygen atoms in total. The van der Waals surface area contributed by atoms with Crippen LogP contribution in [-0.4, -0.2) is 27.6 Å². The minimum absolute atomic E-state index is 0.0951. The molecule has 27 heavy (non-hydrogen) atoms. The zero-order valence-corrected chi connectivity index (χ0v) is 15.5. The maximum atomic E-state index is 13.0. The number of sulfonamides is 1. The van der Waals surface area contributed by atoms with Gasteiger partial charge >= 0.3 is 0 Å². The van der Waals surface area contributed by atoms with Gasteiger partial charge in [0.25, 0.3) is 10.0 Å². The van der Waals surface area contributed by atoms with Crippen molar-refractivity contribution >= 4 is 26.5 Å². The number of hydrogen-bond acceptors (Lipinski definition) is 4. The Hall–Kier alpha value is -2.57. The second-order valence-electron chi connectivity index (χ2n) is 7.09. The lowest BCUT2D eigenvalue weighted by Gasteiger charge is -2.24. The molecular formula is C21H20N2O3S. The summed E-state index contributed by atoms with van der Waals surface area (Å²) in [5.41, 5.74) is 1.59. The van der Waals surface area contributed by atoms with Crippen LogP contribution in [0.4, 0.5) is 5.69 Å². The van der Waals surface area contributed by atoms with E-state index in [0.29, 0.717) is 5.69 Å². The van der Waals surface area contributed by atoms with Crippen molar-refractivity contribution in [3.63, 3.8) is 0 Å². The number of fused-ring (bicyclic) bond motifs is 4. The van der Waals surface area contributed by atoms with E-state index in [1.165, 1.54) is 0 Å². The van der Waals surface area contributed by atoms with E-state index < -0.39 is 10.0 Å². The molecule has 6 heteroatoms. The monoisotopic (exact) mass is 380 g/mol. The van der Waals surface area contributed by atoms with Gasteiger partial charge in [0.2, 0.25) is 0 Å². The van der Waals surface area contributed by atoms with Crippen LogP contribution in [0.2, 0.25) is 0 Å². The van der Waals surface area contributed by atoms with Gasteiger partial charge in [-0.3, -0.25) is 4.72 Å². The van der Waals surface area contributed by atoms with Crippen molar-refractivity contribution in [2.24, 2.45) is 0 Å². The summed E-state index contributed by atoms with van der Waals surface area (Å²) in [5, 5.41) is 5.21. The van der Waals surface area contributed by atoms with Gasteiger partial charge in [0.1, 0.15) is 11.9 Å². The average Bonchev–Trinajstić information content (AvgIpc) is 3.06. The van der Waals surface area contributed by atoms with Gasteiger partial charge in [-0.1, -0.05) is 36.4 Å². The lowest BCUT2D eigenvalue weighted by Crippen LogP contribution is -2.39. The summed E-state index contributed by atoms with van der Waals surface area (Å²) in [6, 6.07) is 18.5. The number of ether oxygens (including phenoxy) is 1. The fraction of sp³-hybridized carbons (Fsp3) is 0.238. The Morgan fingerprint density at radius 2 is 1.89 bits per heavy atom. The van der Waals surface area contributed by atoms with E-state index in [0.717, 1.165) is 41.6 Å². The number of nitrogens with one attached hydrogen (secondary N) is 2. The van der Waals surface area contributed by atoms with Crippen molar-refractivity contribution in [3.05, 3.63) is 66.2 Å². The molecule has 5 rings (SSSR count). The van der Waals surface area contributed by atoms with E-state index in [4.69, 9.17) is 4.74 Å². The Morgan fingerprint density at radius 3 is 2.81 bits per heavy atom. The van der Waals surface area contributed by atoms with Gasteiger partial charge in [0, 0.05) is 23.4 Å². The molecule has 0 amide bonds. The highest BCUT2D eigenvalue weighted by atomic mass is 32.2. The molecular weight excluding hydrogens is 360 g/mol. The molecule has 2 heterocycles. The molecule has 2 aliphatic heterocycles. The van der Waals surface area contributed by atoms with Crippen molar-refractivity contribution in [3.8, 4) is 5.75 Å². The van der Waals surface area contributed by atoms with Crippen molar-refractivity contribution in [1.29, 1.82) is 0 Å². The summed E-state index contributed by atoms with van der Waals surface area (Å²) < 4.78 is 34.8. The van der Waals surface area contributed by atoms with Gasteiger partial charge in [-0.05, 0) is 42.6 Å². The van der Waals surface area contributed by atoms with Gasteiger partial charge in [0.05, 0.1) is 10.6 Å². The molecule has 0 radical (unpaired) electrons. The third-order valence-electron chi connectivity index (χ3n) is 5.43. The van der Waals surface area contributed by atoms with Gasteiger partial charge in [0.15, 0.2) is 0 Å². The summed E-state index contributed by atoms with van der Waals surface area (Å²) in [6.07, 6.45) is 1.05. The zero-order chi connectivity index (χ0) is 18.4. The predicted molar refractivity (Wildman–Crippen MR) is 106 cm³/mol. The summed E-state index contributed by atoms with van der Waals surface area (Å²) >= 11 is 0. The third kappa shape index (κ3) is 2.85. The lowest BCUT2D eigenvalue weighted by atomic mass is 9.90. The molecule has 2 aliphatic rings. The normalized spacial score (nSPS) is 21.3. The van der Waals surface area contributed by atoms with Crippen LogP contribution in [0.1, 0.15) is 17.9 Å². The topological polar surface area (TPSA) is 67.4 Å². The Morgan fingerprint density at radius 1 is 1.04 bits per heavy atom. The van der Waals surface area contributed by atoms with Crippen LogP contribution >= 0.6 is 0 Å². The quantitative estimate of drug-likeness (QED) is 0.730. The summed E-state index contributed by atoms with van der Waals surface area (Å²) in [6.45, 7) is 1.73. The zero-order valence-electron chi connectivity index (χ0n) is 14.7. The molecule has 0 bridgehead atoms. The van der Waals surface area contributed by atoms with E-state index in [2.05, 4.69) is 10.0 Å². The minimum atomic E-state index is -3.69. The SMILES string of the molecule is O=S(=O)(Nc1cccc2ccccc12)c1ccc2c(c1)C1CCNCC1O2. The average molecular weight is 380 g/mol. The summed E-state index contributed by atoms with van der Waals surface area (Å²) in [7, 11) is -3.69. The molecule has 0 aliphatic carbocycles. The first-order chi connectivity index (χ1) is 13.1. The first kappa shape index (κ1) is 16.6. The maximum absolute atomic E-state index is 13.0. The number of rotatable bonds is 3. The van der Waals surface area contributed by atoms with Crippen LogP contribution in [0.15, 0.2) is 65.6 Å². The Labute approximate surface area is 158 Å². The van der Waals surface area contributed by atoms with Crippen molar-refractivity contribution in [1.82, 2.24) is 5.32 Å². The van der Waals surface area contributed by atoms with Gasteiger partial charge in [-0.25, -0.2) is 8.42 Å². The van der Waals surface area contributed by atoms with Crippen molar-refractivity contribution in [2.45, 2.75) is 23.3 Å². The van der Waals surface area contributed by atoms with Crippen LogP contribution in [0.3, 0.4) is 0 Å².